The van der Waals surface area contributed by atoms with Crippen LogP contribution >= 0.6 is 0 Å². The van der Waals surface area contributed by atoms with Gasteiger partial charge in [0.1, 0.15) is 0 Å². The number of rotatable bonds is 6. The van der Waals surface area contributed by atoms with E-state index in [9.17, 15) is 4.79 Å². The van der Waals surface area contributed by atoms with Gasteiger partial charge in [-0.3, -0.25) is 9.78 Å². The summed E-state index contributed by atoms with van der Waals surface area (Å²) in [4.78, 5) is 15.8. The Balaban J connectivity index is 1.68. The van der Waals surface area contributed by atoms with Gasteiger partial charge in [0.25, 0.3) is 0 Å². The predicted octanol–water partition coefficient (Wildman–Crippen LogP) is 2.51. The number of carbonyl (C=O) groups is 1. The van der Waals surface area contributed by atoms with Crippen LogP contribution in [0.2, 0.25) is 0 Å². The SMILES string of the molecule is Cc1cccc(NC(=O)CCNCc2cccnc2)c1. The van der Waals surface area contributed by atoms with Gasteiger partial charge in [0.2, 0.25) is 5.91 Å². The zero-order valence-corrected chi connectivity index (χ0v) is 11.6. The van der Waals surface area contributed by atoms with E-state index in [2.05, 4.69) is 15.6 Å². The molecule has 4 heteroatoms. The Morgan fingerprint density at radius 3 is 2.90 bits per heavy atom. The third kappa shape index (κ3) is 4.82. The fourth-order valence-electron chi connectivity index (χ4n) is 1.88. The van der Waals surface area contributed by atoms with Crippen LogP contribution in [0.1, 0.15) is 17.5 Å². The average Bonchev–Trinajstić information content (AvgIpc) is 2.45. The highest BCUT2D eigenvalue weighted by molar-refractivity contribution is 5.90. The third-order valence-electron chi connectivity index (χ3n) is 2.88. The van der Waals surface area contributed by atoms with Gasteiger partial charge < -0.3 is 10.6 Å². The normalized spacial score (nSPS) is 10.2. The Morgan fingerprint density at radius 1 is 1.25 bits per heavy atom. The Labute approximate surface area is 119 Å². The second kappa shape index (κ2) is 7.40. The topological polar surface area (TPSA) is 54.0 Å². The van der Waals surface area contributed by atoms with Crippen molar-refractivity contribution >= 4 is 11.6 Å². The summed E-state index contributed by atoms with van der Waals surface area (Å²) >= 11 is 0. The molecule has 0 unspecified atom stereocenters. The van der Waals surface area contributed by atoms with Gasteiger partial charge in [-0.1, -0.05) is 18.2 Å². The van der Waals surface area contributed by atoms with Crippen LogP contribution in [-0.4, -0.2) is 17.4 Å². The molecule has 0 saturated heterocycles. The highest BCUT2D eigenvalue weighted by Crippen LogP contribution is 2.09. The number of carbonyl (C=O) groups excluding carboxylic acids is 1. The molecular weight excluding hydrogens is 250 g/mol. The van der Waals surface area contributed by atoms with Gasteiger partial charge in [0, 0.05) is 37.6 Å². The monoisotopic (exact) mass is 269 g/mol. The van der Waals surface area contributed by atoms with Crippen molar-refractivity contribution in [2.75, 3.05) is 11.9 Å². The fourth-order valence-corrected chi connectivity index (χ4v) is 1.88. The maximum atomic E-state index is 11.8. The standard InChI is InChI=1S/C16H19N3O/c1-13-4-2-6-15(10-13)19-16(20)7-9-18-12-14-5-3-8-17-11-14/h2-6,8,10-11,18H,7,9,12H2,1H3,(H,19,20). The Hall–Kier alpha value is -2.20. The summed E-state index contributed by atoms with van der Waals surface area (Å²) in [6.07, 6.45) is 4.02. The van der Waals surface area contributed by atoms with E-state index in [0.717, 1.165) is 23.4 Å². The molecule has 1 aromatic carbocycles. The van der Waals surface area contributed by atoms with Crippen LogP contribution in [0.25, 0.3) is 0 Å². The van der Waals surface area contributed by atoms with Crippen LogP contribution in [0.5, 0.6) is 0 Å². The number of amides is 1. The summed E-state index contributed by atoms with van der Waals surface area (Å²) in [5.41, 5.74) is 3.10. The van der Waals surface area contributed by atoms with Crippen LogP contribution in [-0.2, 0) is 11.3 Å². The maximum Gasteiger partial charge on any atom is 0.225 e. The van der Waals surface area contributed by atoms with E-state index >= 15 is 0 Å². The molecule has 104 valence electrons. The quantitative estimate of drug-likeness (QED) is 0.792. The Kier molecular flexibility index (Phi) is 5.26. The molecule has 1 aromatic heterocycles. The van der Waals surface area contributed by atoms with Crippen LogP contribution in [0, 0.1) is 6.92 Å². The summed E-state index contributed by atoms with van der Waals surface area (Å²) in [5.74, 6) is 0.0225. The van der Waals surface area contributed by atoms with Gasteiger partial charge in [0.15, 0.2) is 0 Å². The van der Waals surface area contributed by atoms with Gasteiger partial charge in [-0.25, -0.2) is 0 Å². The van der Waals surface area contributed by atoms with Crippen molar-refractivity contribution in [3.8, 4) is 0 Å². The summed E-state index contributed by atoms with van der Waals surface area (Å²) in [6.45, 7) is 3.38. The second-order valence-corrected chi connectivity index (χ2v) is 4.71. The van der Waals surface area contributed by atoms with E-state index in [1.807, 2.05) is 49.5 Å². The number of hydrogen-bond acceptors (Lipinski definition) is 3. The fraction of sp³-hybridized carbons (Fsp3) is 0.250. The van der Waals surface area contributed by atoms with Gasteiger partial charge in [0.05, 0.1) is 0 Å². The number of aromatic nitrogens is 1. The lowest BCUT2D eigenvalue weighted by molar-refractivity contribution is -0.116. The third-order valence-corrected chi connectivity index (χ3v) is 2.88. The van der Waals surface area contributed by atoms with Gasteiger partial charge in [-0.05, 0) is 36.2 Å². The molecule has 2 rings (SSSR count). The lowest BCUT2D eigenvalue weighted by atomic mass is 10.2. The summed E-state index contributed by atoms with van der Waals surface area (Å²) in [6, 6.07) is 11.7. The van der Waals surface area contributed by atoms with Crippen LogP contribution in [0.4, 0.5) is 5.69 Å². The zero-order chi connectivity index (χ0) is 14.2. The molecular formula is C16H19N3O. The largest absolute Gasteiger partial charge is 0.326 e. The van der Waals surface area contributed by atoms with Gasteiger partial charge >= 0.3 is 0 Å². The van der Waals surface area contributed by atoms with Crippen molar-refractivity contribution in [2.45, 2.75) is 19.9 Å². The van der Waals surface area contributed by atoms with E-state index in [4.69, 9.17) is 0 Å². The molecule has 4 nitrogen and oxygen atoms in total. The van der Waals surface area contributed by atoms with Gasteiger partial charge in [-0.2, -0.15) is 0 Å². The minimum Gasteiger partial charge on any atom is -0.326 e. The molecule has 0 radical (unpaired) electrons. The second-order valence-electron chi connectivity index (χ2n) is 4.71. The molecule has 20 heavy (non-hydrogen) atoms. The zero-order valence-electron chi connectivity index (χ0n) is 11.6. The molecule has 0 aliphatic rings. The molecule has 0 fully saturated rings. The number of nitrogens with zero attached hydrogens (tertiary/aromatic N) is 1. The molecule has 0 atom stereocenters. The first-order valence-corrected chi connectivity index (χ1v) is 6.70. The van der Waals surface area contributed by atoms with E-state index in [1.165, 1.54) is 0 Å². The van der Waals surface area contributed by atoms with Crippen molar-refractivity contribution in [1.82, 2.24) is 10.3 Å². The smallest absolute Gasteiger partial charge is 0.225 e. The predicted molar refractivity (Wildman–Crippen MR) is 80.4 cm³/mol. The van der Waals surface area contributed by atoms with E-state index in [0.29, 0.717) is 13.0 Å². The highest BCUT2D eigenvalue weighted by Gasteiger charge is 2.02. The van der Waals surface area contributed by atoms with Crippen molar-refractivity contribution < 1.29 is 4.79 Å². The molecule has 2 aromatic rings. The number of nitrogens with one attached hydrogen (secondary N) is 2. The summed E-state index contributed by atoms with van der Waals surface area (Å²) < 4.78 is 0. The van der Waals surface area contributed by atoms with Crippen molar-refractivity contribution in [1.29, 1.82) is 0 Å². The first kappa shape index (κ1) is 14.2. The number of pyridine rings is 1. The lowest BCUT2D eigenvalue weighted by Gasteiger charge is -2.07. The Bertz CT molecular complexity index is 555. The first-order valence-electron chi connectivity index (χ1n) is 6.70. The van der Waals surface area contributed by atoms with Crippen LogP contribution < -0.4 is 10.6 Å². The van der Waals surface area contributed by atoms with E-state index in [-0.39, 0.29) is 5.91 Å². The number of aryl methyl sites for hydroxylation is 1. The van der Waals surface area contributed by atoms with Gasteiger partial charge in [-0.15, -0.1) is 0 Å². The lowest BCUT2D eigenvalue weighted by Crippen LogP contribution is -2.21. The molecule has 0 aliphatic carbocycles. The number of anilines is 1. The molecule has 0 bridgehead atoms. The van der Waals surface area contributed by atoms with E-state index < -0.39 is 0 Å². The average molecular weight is 269 g/mol. The maximum absolute atomic E-state index is 11.8. The molecule has 2 N–H and O–H groups in total. The summed E-state index contributed by atoms with van der Waals surface area (Å²) in [7, 11) is 0. The molecule has 1 amide bonds. The van der Waals surface area contributed by atoms with Crippen molar-refractivity contribution in [2.24, 2.45) is 0 Å². The molecule has 0 spiro atoms. The first-order chi connectivity index (χ1) is 9.74. The molecule has 1 heterocycles. The minimum atomic E-state index is 0.0225. The number of hydrogen-bond donors (Lipinski definition) is 2. The summed E-state index contributed by atoms with van der Waals surface area (Å²) in [5, 5.41) is 6.12. The van der Waals surface area contributed by atoms with Crippen LogP contribution in [0.3, 0.4) is 0 Å². The van der Waals surface area contributed by atoms with Crippen molar-refractivity contribution in [3.05, 3.63) is 59.9 Å². The molecule has 0 aliphatic heterocycles. The Morgan fingerprint density at radius 2 is 2.15 bits per heavy atom. The molecule has 0 saturated carbocycles. The van der Waals surface area contributed by atoms with Crippen molar-refractivity contribution in [3.63, 3.8) is 0 Å². The van der Waals surface area contributed by atoms with Crippen LogP contribution in [0.15, 0.2) is 48.8 Å². The minimum absolute atomic E-state index is 0.0225. The highest BCUT2D eigenvalue weighted by atomic mass is 16.1. The van der Waals surface area contributed by atoms with E-state index in [1.54, 1.807) is 6.20 Å². The number of benzene rings is 1.